The molecule has 0 heterocycles. The molecule has 0 fully saturated rings. The maximum atomic E-state index is 9.81. The molecule has 0 radical (unpaired) electrons. The molecule has 0 aliphatic heterocycles. The standard InChI is InChI=1S/C19H36O3S2/c1-2-16(19(22)17(21)15-20)13-11-9-7-5-3-4-6-8-10-12-14-18(23)24/h1,16-24H,3-15H2. The third-order valence-electron chi connectivity index (χ3n) is 4.44. The van der Waals surface area contributed by atoms with Crippen molar-refractivity contribution in [2.24, 2.45) is 5.92 Å². The molecule has 0 saturated heterocycles. The van der Waals surface area contributed by atoms with Gasteiger partial charge in [-0.2, -0.15) is 25.3 Å². The molecule has 0 saturated carbocycles. The van der Waals surface area contributed by atoms with Gasteiger partial charge >= 0.3 is 0 Å². The zero-order valence-corrected chi connectivity index (χ0v) is 16.6. The van der Waals surface area contributed by atoms with Crippen LogP contribution in [0.25, 0.3) is 0 Å². The first-order valence-corrected chi connectivity index (χ1v) is 10.4. The van der Waals surface area contributed by atoms with Crippen LogP contribution in [0.5, 0.6) is 0 Å². The largest absolute Gasteiger partial charge is 0.394 e. The van der Waals surface area contributed by atoms with Crippen molar-refractivity contribution < 1.29 is 15.3 Å². The molecule has 0 rings (SSSR count). The Morgan fingerprint density at radius 2 is 1.17 bits per heavy atom. The topological polar surface area (TPSA) is 60.7 Å². The molecule has 0 amide bonds. The summed E-state index contributed by atoms with van der Waals surface area (Å²) in [7, 11) is 0. The van der Waals surface area contributed by atoms with Gasteiger partial charge < -0.3 is 15.3 Å². The van der Waals surface area contributed by atoms with Gasteiger partial charge in [-0.3, -0.25) is 0 Å². The van der Waals surface area contributed by atoms with Gasteiger partial charge in [-0.15, -0.1) is 12.3 Å². The molecule has 0 aromatic carbocycles. The highest BCUT2D eigenvalue weighted by molar-refractivity contribution is 7.99. The molecule has 3 N–H and O–H groups in total. The zero-order chi connectivity index (χ0) is 18.2. The van der Waals surface area contributed by atoms with Crippen molar-refractivity contribution in [3.05, 3.63) is 0 Å². The van der Waals surface area contributed by atoms with E-state index in [4.69, 9.17) is 11.5 Å². The van der Waals surface area contributed by atoms with E-state index in [1.807, 2.05) is 0 Å². The van der Waals surface area contributed by atoms with Gasteiger partial charge in [0.15, 0.2) is 0 Å². The van der Waals surface area contributed by atoms with Crippen molar-refractivity contribution in [1.29, 1.82) is 0 Å². The van der Waals surface area contributed by atoms with Crippen LogP contribution in [0, 0.1) is 18.3 Å². The van der Waals surface area contributed by atoms with E-state index in [9.17, 15) is 10.2 Å². The Hall–Kier alpha value is 0.140. The predicted molar refractivity (Wildman–Crippen MR) is 109 cm³/mol. The fourth-order valence-corrected chi connectivity index (χ4v) is 3.20. The summed E-state index contributed by atoms with van der Waals surface area (Å²) < 4.78 is 0.229. The molecule has 0 aliphatic rings. The number of hydrogen-bond donors (Lipinski definition) is 5. The average molecular weight is 377 g/mol. The molecule has 3 nitrogen and oxygen atoms in total. The minimum atomic E-state index is -1.14. The Morgan fingerprint density at radius 1 is 0.750 bits per heavy atom. The molecule has 3 atom stereocenters. The normalized spacial score (nSPS) is 15.2. The van der Waals surface area contributed by atoms with Gasteiger partial charge in [0.1, 0.15) is 6.10 Å². The Labute approximate surface area is 159 Å². The second-order valence-corrected chi connectivity index (χ2v) is 8.26. The molecule has 5 heteroatoms. The average Bonchev–Trinajstić information content (AvgIpc) is 2.57. The van der Waals surface area contributed by atoms with E-state index in [0.717, 1.165) is 19.3 Å². The first kappa shape index (κ1) is 24.1. The van der Waals surface area contributed by atoms with Crippen LogP contribution in [0.15, 0.2) is 0 Å². The molecule has 0 spiro atoms. The van der Waals surface area contributed by atoms with Crippen LogP contribution in [0.3, 0.4) is 0 Å². The Morgan fingerprint density at radius 3 is 1.54 bits per heavy atom. The van der Waals surface area contributed by atoms with Crippen LogP contribution in [0.1, 0.15) is 77.0 Å². The second kappa shape index (κ2) is 16.6. The van der Waals surface area contributed by atoms with Crippen LogP contribution >= 0.6 is 25.3 Å². The summed E-state index contributed by atoms with van der Waals surface area (Å²) in [4.78, 5) is 0. The van der Waals surface area contributed by atoms with E-state index in [1.54, 1.807) is 0 Å². The van der Waals surface area contributed by atoms with Gasteiger partial charge in [-0.1, -0.05) is 64.2 Å². The van der Waals surface area contributed by atoms with Crippen molar-refractivity contribution in [3.8, 4) is 12.3 Å². The maximum absolute atomic E-state index is 9.81. The minimum Gasteiger partial charge on any atom is -0.394 e. The Bertz CT molecular complexity index is 318. The lowest BCUT2D eigenvalue weighted by atomic mass is 9.92. The predicted octanol–water partition coefficient (Wildman–Crippen LogP) is 3.82. The fraction of sp³-hybridized carbons (Fsp3) is 0.895. The SMILES string of the molecule is C#CC(CCCCCCCCCCCCC(S)S)C(O)C(O)CO. The summed E-state index contributed by atoms with van der Waals surface area (Å²) in [6.45, 7) is -0.455. The minimum absolute atomic E-state index is 0.229. The second-order valence-electron chi connectivity index (χ2n) is 6.61. The molecule has 0 aromatic rings. The highest BCUT2D eigenvalue weighted by Crippen LogP contribution is 2.18. The van der Waals surface area contributed by atoms with Crippen LogP contribution in [-0.4, -0.2) is 38.7 Å². The third-order valence-corrected chi connectivity index (χ3v) is 4.95. The highest BCUT2D eigenvalue weighted by atomic mass is 32.2. The molecule has 0 aliphatic carbocycles. The molecular formula is C19H36O3S2. The Balaban J connectivity index is 3.43. The first-order valence-electron chi connectivity index (χ1n) is 9.32. The van der Waals surface area contributed by atoms with E-state index in [0.29, 0.717) is 6.42 Å². The number of thiol groups is 2. The third kappa shape index (κ3) is 13.4. The van der Waals surface area contributed by atoms with Gasteiger partial charge in [0.25, 0.3) is 0 Å². The summed E-state index contributed by atoms with van der Waals surface area (Å²) in [5, 5.41) is 28.1. The number of aliphatic hydroxyl groups is 3. The lowest BCUT2D eigenvalue weighted by molar-refractivity contribution is -0.0333. The van der Waals surface area contributed by atoms with Gasteiger partial charge in [0, 0.05) is 10.5 Å². The lowest BCUT2D eigenvalue weighted by Crippen LogP contribution is -2.35. The van der Waals surface area contributed by atoms with E-state index < -0.39 is 18.8 Å². The molecule has 142 valence electrons. The molecule has 3 unspecified atom stereocenters. The van der Waals surface area contributed by atoms with Gasteiger partial charge in [0.2, 0.25) is 0 Å². The van der Waals surface area contributed by atoms with Crippen LogP contribution in [-0.2, 0) is 0 Å². The van der Waals surface area contributed by atoms with E-state index in [1.165, 1.54) is 51.4 Å². The van der Waals surface area contributed by atoms with E-state index >= 15 is 0 Å². The lowest BCUT2D eigenvalue weighted by Gasteiger charge is -2.21. The number of unbranched alkanes of at least 4 members (excludes halogenated alkanes) is 9. The Kier molecular flexibility index (Phi) is 16.7. The maximum Gasteiger partial charge on any atom is 0.104 e. The van der Waals surface area contributed by atoms with Crippen LogP contribution < -0.4 is 0 Å². The highest BCUT2D eigenvalue weighted by Gasteiger charge is 2.23. The summed E-state index contributed by atoms with van der Waals surface area (Å²) in [5.74, 6) is 2.15. The number of hydrogen-bond acceptors (Lipinski definition) is 5. The number of aliphatic hydroxyl groups excluding tert-OH is 3. The molecule has 24 heavy (non-hydrogen) atoms. The van der Waals surface area contributed by atoms with Crippen molar-refractivity contribution in [3.63, 3.8) is 0 Å². The van der Waals surface area contributed by atoms with Crippen LogP contribution in [0.4, 0.5) is 0 Å². The molecule has 0 aromatic heterocycles. The van der Waals surface area contributed by atoms with E-state index in [2.05, 4.69) is 31.2 Å². The van der Waals surface area contributed by atoms with Crippen molar-refractivity contribution in [2.75, 3.05) is 6.61 Å². The van der Waals surface area contributed by atoms with Crippen molar-refractivity contribution >= 4 is 25.3 Å². The van der Waals surface area contributed by atoms with Crippen molar-refractivity contribution in [2.45, 2.75) is 93.8 Å². The van der Waals surface area contributed by atoms with Gasteiger partial charge in [-0.05, 0) is 12.8 Å². The monoisotopic (exact) mass is 376 g/mol. The fourth-order valence-electron chi connectivity index (χ4n) is 2.83. The smallest absolute Gasteiger partial charge is 0.104 e. The quantitative estimate of drug-likeness (QED) is 0.123. The van der Waals surface area contributed by atoms with Crippen molar-refractivity contribution in [1.82, 2.24) is 0 Å². The van der Waals surface area contributed by atoms with Crippen LogP contribution in [0.2, 0.25) is 0 Å². The number of rotatable bonds is 16. The first-order chi connectivity index (χ1) is 11.5. The molecular weight excluding hydrogens is 340 g/mol. The summed E-state index contributed by atoms with van der Waals surface area (Å²) >= 11 is 8.52. The van der Waals surface area contributed by atoms with Gasteiger partial charge in [-0.25, -0.2) is 0 Å². The molecule has 0 bridgehead atoms. The zero-order valence-electron chi connectivity index (χ0n) is 14.8. The summed E-state index contributed by atoms with van der Waals surface area (Å²) in [5.41, 5.74) is 0. The van der Waals surface area contributed by atoms with E-state index in [-0.39, 0.29) is 10.5 Å². The number of terminal acetylenes is 1. The van der Waals surface area contributed by atoms with Gasteiger partial charge in [0.05, 0.1) is 12.7 Å². The summed E-state index contributed by atoms with van der Waals surface area (Å²) in [6, 6.07) is 0. The summed E-state index contributed by atoms with van der Waals surface area (Å²) in [6.07, 6.45) is 17.2.